The second-order valence-electron chi connectivity index (χ2n) is 7.96. The number of benzene rings is 2. The van der Waals surface area contributed by atoms with E-state index in [1.807, 2.05) is 30.3 Å². The molecule has 1 atom stereocenters. The monoisotopic (exact) mass is 532 g/mol. The van der Waals surface area contributed by atoms with Gasteiger partial charge in [-0.3, -0.25) is 19.5 Å². The number of pyridine rings is 1. The number of amides is 1. The van der Waals surface area contributed by atoms with Crippen LogP contribution in [0.25, 0.3) is 5.76 Å². The zero-order chi connectivity index (χ0) is 25.9. The van der Waals surface area contributed by atoms with Gasteiger partial charge in [0, 0.05) is 23.7 Å². The fourth-order valence-corrected chi connectivity index (χ4v) is 5.78. The van der Waals surface area contributed by atoms with Crippen LogP contribution in [0.2, 0.25) is 0 Å². The van der Waals surface area contributed by atoms with Gasteiger partial charge in [-0.15, -0.1) is 10.2 Å². The van der Waals surface area contributed by atoms with Crippen LogP contribution in [0, 0.1) is 0 Å². The molecule has 1 saturated heterocycles. The summed E-state index contributed by atoms with van der Waals surface area (Å²) >= 11 is 2.64. The van der Waals surface area contributed by atoms with Crippen molar-refractivity contribution in [3.8, 4) is 11.5 Å². The molecular weight excluding hydrogens is 512 g/mol. The molecule has 1 aliphatic rings. The Hall–Kier alpha value is -4.22. The smallest absolute Gasteiger partial charge is 0.301 e. The number of aromatic nitrogens is 3. The number of phenolic OH excluding ortho intramolecular Hbond substituents is 1. The van der Waals surface area contributed by atoms with Gasteiger partial charge < -0.3 is 14.9 Å². The van der Waals surface area contributed by atoms with E-state index in [9.17, 15) is 19.8 Å². The van der Waals surface area contributed by atoms with E-state index in [1.54, 1.807) is 18.2 Å². The lowest BCUT2D eigenvalue weighted by atomic mass is 9.95. The molecule has 0 aliphatic carbocycles. The lowest BCUT2D eigenvalue weighted by Crippen LogP contribution is -2.29. The molecule has 0 bridgehead atoms. The normalized spacial score (nSPS) is 16.8. The van der Waals surface area contributed by atoms with Gasteiger partial charge in [0.05, 0.1) is 18.7 Å². The van der Waals surface area contributed by atoms with Crippen LogP contribution in [0.15, 0.2) is 83.0 Å². The van der Waals surface area contributed by atoms with E-state index < -0.39 is 17.7 Å². The van der Waals surface area contributed by atoms with E-state index in [2.05, 4.69) is 15.2 Å². The Kier molecular flexibility index (Phi) is 6.89. The number of ketones is 1. The second-order valence-corrected chi connectivity index (χ2v) is 10.1. The SMILES string of the molecule is COc1cc(C2/C(=C(\O)c3ccncc3)C(=O)C(=O)N2c2nnc(SCc3ccccc3)s2)ccc1O. The van der Waals surface area contributed by atoms with E-state index in [0.717, 1.165) is 5.56 Å². The largest absolute Gasteiger partial charge is 0.507 e. The number of rotatable bonds is 7. The van der Waals surface area contributed by atoms with Crippen molar-refractivity contribution in [3.05, 3.63) is 95.3 Å². The Morgan fingerprint density at radius 2 is 1.84 bits per heavy atom. The van der Waals surface area contributed by atoms with E-state index in [0.29, 0.717) is 21.2 Å². The number of Topliss-reactive ketones (excluding diaryl/α,β-unsaturated/α-hetero) is 1. The first kappa shape index (κ1) is 24.5. The third-order valence-electron chi connectivity index (χ3n) is 5.72. The van der Waals surface area contributed by atoms with Gasteiger partial charge in [0.1, 0.15) is 5.76 Å². The van der Waals surface area contributed by atoms with Crippen molar-refractivity contribution >= 4 is 45.7 Å². The number of carbonyl (C=O) groups excluding carboxylic acids is 2. The number of hydrogen-bond donors (Lipinski definition) is 2. The van der Waals surface area contributed by atoms with E-state index in [4.69, 9.17) is 4.74 Å². The summed E-state index contributed by atoms with van der Waals surface area (Å²) in [5.41, 5.74) is 1.77. The summed E-state index contributed by atoms with van der Waals surface area (Å²) in [6.45, 7) is 0. The summed E-state index contributed by atoms with van der Waals surface area (Å²) < 4.78 is 5.87. The van der Waals surface area contributed by atoms with Gasteiger partial charge in [-0.1, -0.05) is 59.5 Å². The minimum atomic E-state index is -1.03. The highest BCUT2D eigenvalue weighted by molar-refractivity contribution is 8.00. The van der Waals surface area contributed by atoms with Gasteiger partial charge in [0.15, 0.2) is 15.8 Å². The number of aromatic hydroxyl groups is 1. The minimum Gasteiger partial charge on any atom is -0.507 e. The van der Waals surface area contributed by atoms with E-state index >= 15 is 0 Å². The van der Waals surface area contributed by atoms with Crippen LogP contribution in [0.4, 0.5) is 5.13 Å². The molecule has 3 heterocycles. The van der Waals surface area contributed by atoms with Crippen molar-refractivity contribution in [3.63, 3.8) is 0 Å². The summed E-state index contributed by atoms with van der Waals surface area (Å²) in [6, 6.07) is 16.4. The number of methoxy groups -OCH3 is 1. The molecule has 1 amide bonds. The first-order valence-corrected chi connectivity index (χ1v) is 12.9. The zero-order valence-electron chi connectivity index (χ0n) is 19.4. The Labute approximate surface area is 220 Å². The van der Waals surface area contributed by atoms with Crippen LogP contribution in [-0.4, -0.2) is 44.2 Å². The first-order chi connectivity index (χ1) is 18.0. The lowest BCUT2D eigenvalue weighted by molar-refractivity contribution is -0.132. The molecule has 5 rings (SSSR count). The van der Waals surface area contributed by atoms with Crippen LogP contribution in [0.5, 0.6) is 11.5 Å². The van der Waals surface area contributed by atoms with Crippen molar-refractivity contribution in [2.45, 2.75) is 16.1 Å². The molecule has 37 heavy (non-hydrogen) atoms. The maximum absolute atomic E-state index is 13.3. The molecular formula is C26H20N4O5S2. The number of hydrogen-bond acceptors (Lipinski definition) is 10. The number of nitrogens with zero attached hydrogens (tertiary/aromatic N) is 4. The average Bonchev–Trinajstić information content (AvgIpc) is 3.50. The topological polar surface area (TPSA) is 126 Å². The highest BCUT2D eigenvalue weighted by atomic mass is 32.2. The van der Waals surface area contributed by atoms with Crippen molar-refractivity contribution in [1.29, 1.82) is 0 Å². The predicted octanol–water partition coefficient (Wildman–Crippen LogP) is 4.57. The number of carbonyl (C=O) groups is 2. The number of aliphatic hydroxyl groups excluding tert-OH is 1. The molecule has 9 nitrogen and oxygen atoms in total. The van der Waals surface area contributed by atoms with E-state index in [1.165, 1.54) is 59.6 Å². The lowest BCUT2D eigenvalue weighted by Gasteiger charge is -2.23. The van der Waals surface area contributed by atoms with E-state index in [-0.39, 0.29) is 28.0 Å². The van der Waals surface area contributed by atoms with Gasteiger partial charge >= 0.3 is 5.91 Å². The molecule has 0 spiro atoms. The third kappa shape index (κ3) is 4.78. The summed E-state index contributed by atoms with van der Waals surface area (Å²) in [5.74, 6) is -1.34. The van der Waals surface area contributed by atoms with Crippen LogP contribution < -0.4 is 9.64 Å². The summed E-state index contributed by atoms with van der Waals surface area (Å²) in [4.78, 5) is 31.8. The minimum absolute atomic E-state index is 0.104. The van der Waals surface area contributed by atoms with Crippen LogP contribution in [0.1, 0.15) is 22.7 Å². The van der Waals surface area contributed by atoms with Gasteiger partial charge in [0.2, 0.25) is 5.13 Å². The molecule has 1 unspecified atom stereocenters. The molecule has 2 aromatic heterocycles. The number of ether oxygens (including phenoxy) is 1. The second kappa shape index (κ2) is 10.4. The third-order valence-corrected chi connectivity index (χ3v) is 7.85. The quantitative estimate of drug-likeness (QED) is 0.116. The molecule has 2 aromatic carbocycles. The molecule has 186 valence electrons. The van der Waals surface area contributed by atoms with Gasteiger partial charge in [-0.2, -0.15) is 0 Å². The standard InChI is InChI=1S/C26H20N4O5S2/c1-35-19-13-17(7-8-18(19)31)21-20(22(32)16-9-11-27-12-10-16)23(33)24(34)30(21)25-28-29-26(37-25)36-14-15-5-3-2-4-6-15/h2-13,21,31-32H,14H2,1H3/b22-20+. The Balaban J connectivity index is 1.58. The molecule has 11 heteroatoms. The number of anilines is 1. The number of thioether (sulfide) groups is 1. The molecule has 2 N–H and O–H groups in total. The molecule has 1 aliphatic heterocycles. The van der Waals surface area contributed by atoms with Gasteiger partial charge in [-0.05, 0) is 35.4 Å². The maximum Gasteiger partial charge on any atom is 0.301 e. The summed E-state index contributed by atoms with van der Waals surface area (Å²) in [5, 5.41) is 29.9. The zero-order valence-corrected chi connectivity index (χ0v) is 21.1. The first-order valence-electron chi connectivity index (χ1n) is 11.1. The fourth-order valence-electron chi connectivity index (χ4n) is 3.95. The number of aliphatic hydroxyl groups is 1. The predicted molar refractivity (Wildman–Crippen MR) is 140 cm³/mol. The van der Waals surface area contributed by atoms with Crippen molar-refractivity contribution in [2.24, 2.45) is 0 Å². The average molecular weight is 533 g/mol. The van der Waals surface area contributed by atoms with Crippen molar-refractivity contribution in [2.75, 3.05) is 12.0 Å². The molecule has 4 aromatic rings. The van der Waals surface area contributed by atoms with Crippen molar-refractivity contribution < 1.29 is 24.5 Å². The summed E-state index contributed by atoms with van der Waals surface area (Å²) in [6.07, 6.45) is 2.95. The maximum atomic E-state index is 13.3. The van der Waals surface area contributed by atoms with Crippen LogP contribution >= 0.6 is 23.1 Å². The van der Waals surface area contributed by atoms with Crippen LogP contribution in [0.3, 0.4) is 0 Å². The molecule has 1 fully saturated rings. The highest BCUT2D eigenvalue weighted by Gasteiger charge is 2.48. The Bertz CT molecular complexity index is 1490. The number of phenols is 1. The highest BCUT2D eigenvalue weighted by Crippen LogP contribution is 2.45. The van der Waals surface area contributed by atoms with Crippen molar-refractivity contribution in [1.82, 2.24) is 15.2 Å². The molecule has 0 saturated carbocycles. The Morgan fingerprint density at radius 3 is 2.57 bits per heavy atom. The summed E-state index contributed by atoms with van der Waals surface area (Å²) in [7, 11) is 1.40. The molecule has 0 radical (unpaired) electrons. The van der Waals surface area contributed by atoms with Crippen LogP contribution in [-0.2, 0) is 15.3 Å². The fraction of sp³-hybridized carbons (Fsp3) is 0.115. The van der Waals surface area contributed by atoms with Gasteiger partial charge in [0.25, 0.3) is 5.78 Å². The van der Waals surface area contributed by atoms with Gasteiger partial charge in [-0.25, -0.2) is 0 Å². The Morgan fingerprint density at radius 1 is 1.08 bits per heavy atom.